The summed E-state index contributed by atoms with van der Waals surface area (Å²) in [6.07, 6.45) is 0.952. The van der Waals surface area contributed by atoms with Gasteiger partial charge in [-0.25, -0.2) is 4.98 Å². The lowest BCUT2D eigenvalue weighted by Gasteiger charge is -2.16. The van der Waals surface area contributed by atoms with Gasteiger partial charge in [-0.1, -0.05) is 29.5 Å². The van der Waals surface area contributed by atoms with Crippen molar-refractivity contribution in [3.8, 4) is 16.9 Å². The lowest BCUT2D eigenvalue weighted by molar-refractivity contribution is 0.138. The molecule has 0 fully saturated rings. The van der Waals surface area contributed by atoms with Crippen molar-refractivity contribution in [1.82, 2.24) is 4.98 Å². The number of nitrogens with zero attached hydrogens (tertiary/aromatic N) is 1. The Morgan fingerprint density at radius 3 is 3.00 bits per heavy atom. The third-order valence-electron chi connectivity index (χ3n) is 3.70. The first-order valence-electron chi connectivity index (χ1n) is 6.91. The van der Waals surface area contributed by atoms with Gasteiger partial charge in [0, 0.05) is 12.5 Å². The molecule has 1 aliphatic heterocycles. The van der Waals surface area contributed by atoms with Crippen LogP contribution in [0.1, 0.15) is 19.4 Å². The molecule has 2 N–H and O–H groups in total. The monoisotopic (exact) mass is 295 g/mol. The molecule has 21 heavy (non-hydrogen) atoms. The molecule has 105 valence electrons. The minimum Gasteiger partial charge on any atom is -0.487 e. The van der Waals surface area contributed by atoms with Crippen LogP contribution in [-0.4, -0.2) is 10.6 Å². The smallest absolute Gasteiger partial charge is 0.181 e. The third-order valence-corrected chi connectivity index (χ3v) is 4.55. The molecular weight excluding hydrogens is 280 g/mol. The summed E-state index contributed by atoms with van der Waals surface area (Å²) < 4.78 is 7.07. The van der Waals surface area contributed by atoms with E-state index in [0.29, 0.717) is 5.13 Å². The summed E-state index contributed by atoms with van der Waals surface area (Å²) in [5.41, 5.74) is 9.85. The second kappa shape index (κ2) is 4.21. The first kappa shape index (κ1) is 12.7. The van der Waals surface area contributed by atoms with Gasteiger partial charge < -0.3 is 10.5 Å². The number of hydrogen-bond donors (Lipinski definition) is 1. The van der Waals surface area contributed by atoms with Gasteiger partial charge >= 0.3 is 0 Å². The highest BCUT2D eigenvalue weighted by atomic mass is 32.1. The highest BCUT2D eigenvalue weighted by Gasteiger charge is 2.29. The van der Waals surface area contributed by atoms with Crippen molar-refractivity contribution in [2.24, 2.45) is 0 Å². The van der Waals surface area contributed by atoms with E-state index in [2.05, 4.69) is 49.2 Å². The van der Waals surface area contributed by atoms with E-state index in [1.165, 1.54) is 16.9 Å². The number of benzene rings is 2. The average Bonchev–Trinajstić information content (AvgIpc) is 2.93. The van der Waals surface area contributed by atoms with Gasteiger partial charge in [-0.3, -0.25) is 0 Å². The molecule has 0 aliphatic carbocycles. The quantitative estimate of drug-likeness (QED) is 0.736. The van der Waals surface area contributed by atoms with E-state index in [9.17, 15) is 0 Å². The van der Waals surface area contributed by atoms with Gasteiger partial charge in [0.05, 0.1) is 10.2 Å². The maximum atomic E-state index is 6.00. The van der Waals surface area contributed by atoms with Crippen molar-refractivity contribution in [2.75, 3.05) is 5.73 Å². The van der Waals surface area contributed by atoms with Crippen molar-refractivity contribution in [3.05, 3.63) is 42.0 Å². The topological polar surface area (TPSA) is 48.1 Å². The van der Waals surface area contributed by atoms with Crippen LogP contribution < -0.4 is 10.5 Å². The molecule has 2 heterocycles. The number of thiazole rings is 1. The van der Waals surface area contributed by atoms with Crippen LogP contribution in [0.5, 0.6) is 5.75 Å². The number of hydrogen-bond acceptors (Lipinski definition) is 4. The molecule has 1 radical (unpaired) electrons. The molecule has 1 aliphatic rings. The van der Waals surface area contributed by atoms with E-state index in [1.807, 2.05) is 6.07 Å². The Hall–Kier alpha value is -2.07. The fraction of sp³-hybridized carbons (Fsp3) is 0.235. The van der Waals surface area contributed by atoms with Crippen LogP contribution in [0.2, 0.25) is 0 Å². The average molecular weight is 295 g/mol. The standard InChI is InChI=1S/C17H15N2OS/c1-17(2)9-12-4-3-11(8-14(12)20-17)10-5-6-15-13(7-10)19-16(18)21-15/h3-6,8H,9H2,1-2H3,(H2,18,19). The second-order valence-corrected chi connectivity index (χ2v) is 7.06. The molecule has 1 aromatic heterocycles. The van der Waals surface area contributed by atoms with Crippen LogP contribution in [0.3, 0.4) is 0 Å². The molecule has 4 rings (SSSR count). The summed E-state index contributed by atoms with van der Waals surface area (Å²) in [7, 11) is 0. The van der Waals surface area contributed by atoms with Gasteiger partial charge in [-0.2, -0.15) is 0 Å². The Balaban J connectivity index is 1.79. The predicted molar refractivity (Wildman–Crippen MR) is 86.7 cm³/mol. The zero-order chi connectivity index (χ0) is 14.6. The second-order valence-electron chi connectivity index (χ2n) is 6.00. The Kier molecular flexibility index (Phi) is 2.54. The Bertz CT molecular complexity index is 851. The van der Waals surface area contributed by atoms with Gasteiger partial charge in [0.25, 0.3) is 0 Å². The summed E-state index contributed by atoms with van der Waals surface area (Å²) in [5.74, 6) is 0.976. The maximum absolute atomic E-state index is 6.00. The highest BCUT2D eigenvalue weighted by Crippen LogP contribution is 2.38. The van der Waals surface area contributed by atoms with E-state index in [4.69, 9.17) is 10.5 Å². The van der Waals surface area contributed by atoms with E-state index < -0.39 is 0 Å². The third kappa shape index (κ3) is 2.16. The summed E-state index contributed by atoms with van der Waals surface area (Å²) in [5, 5.41) is 0.581. The Labute approximate surface area is 127 Å². The largest absolute Gasteiger partial charge is 0.487 e. The SMILES string of the molecule is CC1(C)Cc2ccc(-c3[c]c4nc(N)sc4cc3)cc2O1. The Morgan fingerprint density at radius 1 is 1.29 bits per heavy atom. The molecule has 2 aromatic carbocycles. The van der Waals surface area contributed by atoms with Crippen LogP contribution in [0, 0.1) is 6.07 Å². The molecule has 0 atom stereocenters. The van der Waals surface area contributed by atoms with E-state index in [-0.39, 0.29) is 5.60 Å². The number of aromatic nitrogens is 1. The summed E-state index contributed by atoms with van der Waals surface area (Å²) in [6.45, 7) is 4.23. The minimum absolute atomic E-state index is 0.113. The highest BCUT2D eigenvalue weighted by molar-refractivity contribution is 7.22. The van der Waals surface area contributed by atoms with Crippen molar-refractivity contribution >= 4 is 26.7 Å². The summed E-state index contributed by atoms with van der Waals surface area (Å²) in [4.78, 5) is 4.30. The van der Waals surface area contributed by atoms with Crippen molar-refractivity contribution in [3.63, 3.8) is 0 Å². The molecular formula is C17H15N2OS. The molecule has 0 amide bonds. The number of nitrogen functional groups attached to an aromatic ring is 1. The zero-order valence-electron chi connectivity index (χ0n) is 11.9. The first-order chi connectivity index (χ1) is 10.00. The molecule has 0 unspecified atom stereocenters. The van der Waals surface area contributed by atoms with Gasteiger partial charge in [0.1, 0.15) is 11.4 Å². The van der Waals surface area contributed by atoms with Crippen LogP contribution in [0.4, 0.5) is 5.13 Å². The fourth-order valence-electron chi connectivity index (χ4n) is 2.80. The fourth-order valence-corrected chi connectivity index (χ4v) is 3.50. The number of ether oxygens (including phenoxy) is 1. The predicted octanol–water partition coefficient (Wildman–Crippen LogP) is 4.06. The van der Waals surface area contributed by atoms with Gasteiger partial charge in [0.15, 0.2) is 5.13 Å². The van der Waals surface area contributed by atoms with Crippen LogP contribution in [-0.2, 0) is 6.42 Å². The molecule has 0 saturated carbocycles. The van der Waals surface area contributed by atoms with Gasteiger partial charge in [0.2, 0.25) is 0 Å². The van der Waals surface area contributed by atoms with Crippen molar-refractivity contribution < 1.29 is 4.74 Å². The minimum atomic E-state index is -0.113. The number of fused-ring (bicyclic) bond motifs is 2. The number of rotatable bonds is 1. The van der Waals surface area contributed by atoms with Crippen molar-refractivity contribution in [1.29, 1.82) is 0 Å². The summed E-state index contributed by atoms with van der Waals surface area (Å²) >= 11 is 1.49. The van der Waals surface area contributed by atoms with Gasteiger partial charge in [-0.15, -0.1) is 0 Å². The molecule has 0 saturated heterocycles. The van der Waals surface area contributed by atoms with Crippen LogP contribution in [0.15, 0.2) is 30.3 Å². The molecule has 0 spiro atoms. The van der Waals surface area contributed by atoms with E-state index in [1.54, 1.807) is 0 Å². The van der Waals surface area contributed by atoms with Gasteiger partial charge in [-0.05, 0) is 42.7 Å². The molecule has 0 bridgehead atoms. The first-order valence-corrected chi connectivity index (χ1v) is 7.72. The van der Waals surface area contributed by atoms with Crippen LogP contribution >= 0.6 is 11.3 Å². The molecule has 3 aromatic rings. The Morgan fingerprint density at radius 2 is 2.14 bits per heavy atom. The maximum Gasteiger partial charge on any atom is 0.181 e. The number of anilines is 1. The molecule has 3 nitrogen and oxygen atoms in total. The lowest BCUT2D eigenvalue weighted by Crippen LogP contribution is -2.24. The molecule has 4 heteroatoms. The zero-order valence-corrected chi connectivity index (χ0v) is 12.8. The lowest BCUT2D eigenvalue weighted by atomic mass is 9.99. The van der Waals surface area contributed by atoms with Crippen LogP contribution in [0.25, 0.3) is 21.3 Å². The van der Waals surface area contributed by atoms with E-state index in [0.717, 1.165) is 33.5 Å². The normalized spacial score (nSPS) is 15.9. The van der Waals surface area contributed by atoms with E-state index >= 15 is 0 Å². The summed E-state index contributed by atoms with van der Waals surface area (Å²) in [6, 6.07) is 13.8. The number of nitrogens with two attached hydrogens (primary N) is 1. The van der Waals surface area contributed by atoms with Crippen molar-refractivity contribution in [2.45, 2.75) is 25.9 Å².